The zero-order chi connectivity index (χ0) is 5.82. The van der Waals surface area contributed by atoms with Crippen LogP contribution in [-0.4, -0.2) is 25.9 Å². The summed E-state index contributed by atoms with van der Waals surface area (Å²) < 4.78 is 5.19. The third kappa shape index (κ3) is 1.43. The molecule has 1 aliphatic rings. The summed E-state index contributed by atoms with van der Waals surface area (Å²) in [6.07, 6.45) is 0.115. The molecule has 1 unspecified atom stereocenters. The molecule has 1 atom stereocenters. The smallest absolute Gasteiger partial charge is 0.120 e. The van der Waals surface area contributed by atoms with Crippen molar-refractivity contribution in [1.29, 1.82) is 0 Å². The van der Waals surface area contributed by atoms with E-state index in [0.717, 1.165) is 19.7 Å². The third-order valence-electron chi connectivity index (χ3n) is 1.16. The van der Waals surface area contributed by atoms with Crippen LogP contribution in [0.25, 0.3) is 0 Å². The standard InChI is InChI=1S/C5H11N2O/c1-6-5-4-7-2-3-8-5/h5-7H,1-4H2. The van der Waals surface area contributed by atoms with E-state index in [-0.39, 0.29) is 6.23 Å². The highest BCUT2D eigenvalue weighted by Crippen LogP contribution is 1.88. The van der Waals surface area contributed by atoms with Gasteiger partial charge in [0.1, 0.15) is 6.23 Å². The molecule has 1 heterocycles. The molecule has 0 saturated carbocycles. The van der Waals surface area contributed by atoms with Crippen LogP contribution in [0, 0.1) is 7.05 Å². The van der Waals surface area contributed by atoms with E-state index in [0.29, 0.717) is 0 Å². The molecule has 3 nitrogen and oxygen atoms in total. The molecule has 0 aromatic carbocycles. The lowest BCUT2D eigenvalue weighted by Crippen LogP contribution is -2.44. The maximum atomic E-state index is 5.19. The van der Waals surface area contributed by atoms with Crippen LogP contribution in [0.2, 0.25) is 0 Å². The molecule has 1 saturated heterocycles. The lowest BCUT2D eigenvalue weighted by atomic mass is 10.4. The maximum Gasteiger partial charge on any atom is 0.120 e. The van der Waals surface area contributed by atoms with E-state index >= 15 is 0 Å². The second-order valence-corrected chi connectivity index (χ2v) is 1.77. The molecule has 0 aromatic rings. The van der Waals surface area contributed by atoms with Gasteiger partial charge >= 0.3 is 0 Å². The van der Waals surface area contributed by atoms with Crippen molar-refractivity contribution in [3.8, 4) is 0 Å². The third-order valence-corrected chi connectivity index (χ3v) is 1.16. The quantitative estimate of drug-likeness (QED) is 0.474. The predicted molar refractivity (Wildman–Crippen MR) is 31.1 cm³/mol. The molecule has 2 N–H and O–H groups in total. The van der Waals surface area contributed by atoms with E-state index in [1.165, 1.54) is 0 Å². The van der Waals surface area contributed by atoms with Crippen LogP contribution in [0.4, 0.5) is 0 Å². The van der Waals surface area contributed by atoms with Gasteiger partial charge in [0.2, 0.25) is 0 Å². The van der Waals surface area contributed by atoms with Crippen LogP contribution in [-0.2, 0) is 4.74 Å². The summed E-state index contributed by atoms with van der Waals surface area (Å²) in [6, 6.07) is 0. The largest absolute Gasteiger partial charge is 0.361 e. The Hall–Kier alpha value is -0.120. The normalized spacial score (nSPS) is 30.4. The zero-order valence-corrected chi connectivity index (χ0v) is 4.81. The Kier molecular flexibility index (Phi) is 2.27. The van der Waals surface area contributed by atoms with E-state index in [1.54, 1.807) is 0 Å². The number of morpholine rings is 1. The van der Waals surface area contributed by atoms with Crippen molar-refractivity contribution < 1.29 is 4.74 Å². The van der Waals surface area contributed by atoms with Crippen LogP contribution in [0.1, 0.15) is 0 Å². The number of nitrogens with one attached hydrogen (secondary N) is 2. The fourth-order valence-corrected chi connectivity index (χ4v) is 0.697. The van der Waals surface area contributed by atoms with E-state index < -0.39 is 0 Å². The van der Waals surface area contributed by atoms with Gasteiger partial charge in [0.15, 0.2) is 0 Å². The Morgan fingerprint density at radius 2 is 2.62 bits per heavy atom. The first kappa shape index (κ1) is 6.01. The zero-order valence-electron chi connectivity index (χ0n) is 4.81. The molecule has 0 aliphatic carbocycles. The SMILES string of the molecule is [CH2]NC1CNCCO1. The van der Waals surface area contributed by atoms with Gasteiger partial charge in [0.05, 0.1) is 6.61 Å². The molecule has 1 radical (unpaired) electrons. The molecule has 0 spiro atoms. The summed E-state index contributed by atoms with van der Waals surface area (Å²) in [5.41, 5.74) is 0. The average molecular weight is 115 g/mol. The number of rotatable bonds is 1. The molecule has 3 heteroatoms. The molecule has 0 aromatic heterocycles. The van der Waals surface area contributed by atoms with Crippen molar-refractivity contribution in [1.82, 2.24) is 10.6 Å². The van der Waals surface area contributed by atoms with E-state index in [1.807, 2.05) is 0 Å². The highest BCUT2D eigenvalue weighted by Gasteiger charge is 2.08. The Labute approximate surface area is 49.4 Å². The molecule has 0 bridgehead atoms. The first-order valence-corrected chi connectivity index (χ1v) is 2.78. The Bertz CT molecular complexity index is 61.4. The summed E-state index contributed by atoms with van der Waals surface area (Å²) in [5.74, 6) is 0. The second kappa shape index (κ2) is 3.02. The molecule has 8 heavy (non-hydrogen) atoms. The first-order chi connectivity index (χ1) is 3.93. The van der Waals surface area contributed by atoms with Crippen molar-refractivity contribution in [2.75, 3.05) is 19.7 Å². The van der Waals surface area contributed by atoms with Gasteiger partial charge < -0.3 is 10.1 Å². The molecule has 1 aliphatic heterocycles. The highest BCUT2D eigenvalue weighted by molar-refractivity contribution is 4.63. The Balaban J connectivity index is 2.13. The van der Waals surface area contributed by atoms with E-state index in [4.69, 9.17) is 4.74 Å². The van der Waals surface area contributed by atoms with Gasteiger partial charge in [0, 0.05) is 20.1 Å². The van der Waals surface area contributed by atoms with Crippen LogP contribution < -0.4 is 10.6 Å². The van der Waals surface area contributed by atoms with Crippen LogP contribution in [0.3, 0.4) is 0 Å². The fourth-order valence-electron chi connectivity index (χ4n) is 0.697. The molecule has 0 amide bonds. The van der Waals surface area contributed by atoms with Gasteiger partial charge in [-0.15, -0.1) is 0 Å². The first-order valence-electron chi connectivity index (χ1n) is 2.78. The summed E-state index contributed by atoms with van der Waals surface area (Å²) in [7, 11) is 3.49. The average Bonchev–Trinajstić information content (AvgIpc) is 1.90. The molecular weight excluding hydrogens is 104 g/mol. The van der Waals surface area contributed by atoms with Crippen molar-refractivity contribution >= 4 is 0 Å². The van der Waals surface area contributed by atoms with Gasteiger partial charge in [0.25, 0.3) is 0 Å². The topological polar surface area (TPSA) is 33.3 Å². The van der Waals surface area contributed by atoms with Gasteiger partial charge in [-0.3, -0.25) is 5.32 Å². The molecule has 1 fully saturated rings. The lowest BCUT2D eigenvalue weighted by molar-refractivity contribution is 0.0151. The Morgan fingerprint density at radius 3 is 3.00 bits per heavy atom. The van der Waals surface area contributed by atoms with Gasteiger partial charge in [-0.05, 0) is 0 Å². The summed E-state index contributed by atoms with van der Waals surface area (Å²) in [6.45, 7) is 2.61. The van der Waals surface area contributed by atoms with Crippen LogP contribution >= 0.6 is 0 Å². The van der Waals surface area contributed by atoms with Crippen molar-refractivity contribution in [2.24, 2.45) is 0 Å². The molecule has 47 valence electrons. The fraction of sp³-hybridized carbons (Fsp3) is 0.800. The summed E-state index contributed by atoms with van der Waals surface area (Å²) in [5, 5.41) is 5.93. The van der Waals surface area contributed by atoms with Crippen molar-refractivity contribution in [2.45, 2.75) is 6.23 Å². The van der Waals surface area contributed by atoms with Gasteiger partial charge in [-0.2, -0.15) is 0 Å². The van der Waals surface area contributed by atoms with E-state index in [2.05, 4.69) is 17.7 Å². The van der Waals surface area contributed by atoms with Crippen molar-refractivity contribution in [3.63, 3.8) is 0 Å². The molecular formula is C5H11N2O. The minimum atomic E-state index is 0.115. The summed E-state index contributed by atoms with van der Waals surface area (Å²) >= 11 is 0. The summed E-state index contributed by atoms with van der Waals surface area (Å²) in [4.78, 5) is 0. The predicted octanol–water partition coefficient (Wildman–Crippen LogP) is -0.687. The Morgan fingerprint density at radius 1 is 1.75 bits per heavy atom. The number of hydrogen-bond acceptors (Lipinski definition) is 3. The van der Waals surface area contributed by atoms with Crippen LogP contribution in [0.5, 0.6) is 0 Å². The highest BCUT2D eigenvalue weighted by atomic mass is 16.5. The maximum absolute atomic E-state index is 5.19. The van der Waals surface area contributed by atoms with Gasteiger partial charge in [-0.25, -0.2) is 0 Å². The monoisotopic (exact) mass is 115 g/mol. The number of ether oxygens (including phenoxy) is 1. The van der Waals surface area contributed by atoms with Crippen LogP contribution in [0.15, 0.2) is 0 Å². The van der Waals surface area contributed by atoms with Gasteiger partial charge in [-0.1, -0.05) is 0 Å². The van der Waals surface area contributed by atoms with Crippen molar-refractivity contribution in [3.05, 3.63) is 7.05 Å². The van der Waals surface area contributed by atoms with E-state index in [9.17, 15) is 0 Å². The second-order valence-electron chi connectivity index (χ2n) is 1.77. The number of hydrogen-bond donors (Lipinski definition) is 2. The lowest BCUT2D eigenvalue weighted by Gasteiger charge is -2.22. The minimum Gasteiger partial charge on any atom is -0.361 e. The molecule has 1 rings (SSSR count). The minimum absolute atomic E-state index is 0.115.